The van der Waals surface area contributed by atoms with Crippen LogP contribution in [-0.2, 0) is 4.79 Å². The van der Waals surface area contributed by atoms with Gasteiger partial charge in [0.15, 0.2) is 0 Å². The van der Waals surface area contributed by atoms with Crippen molar-refractivity contribution in [3.05, 3.63) is 66.6 Å². The van der Waals surface area contributed by atoms with Gasteiger partial charge in [0, 0.05) is 56.7 Å². The summed E-state index contributed by atoms with van der Waals surface area (Å²) in [6.07, 6.45) is 6.45. The van der Waals surface area contributed by atoms with Crippen molar-refractivity contribution in [2.24, 2.45) is 0 Å². The number of pyridine rings is 2. The van der Waals surface area contributed by atoms with E-state index in [1.165, 1.54) is 5.56 Å². The lowest BCUT2D eigenvalue weighted by Gasteiger charge is -2.22. The highest BCUT2D eigenvalue weighted by atomic mass is 16.2. The lowest BCUT2D eigenvalue weighted by Crippen LogP contribution is -2.33. The van der Waals surface area contributed by atoms with Gasteiger partial charge in [0.05, 0.1) is 17.2 Å². The first-order chi connectivity index (χ1) is 15.6. The van der Waals surface area contributed by atoms with E-state index in [-0.39, 0.29) is 5.91 Å². The number of fused-ring (bicyclic) bond motifs is 1. The molecular weight excluding hydrogens is 400 g/mol. The Labute approximate surface area is 187 Å². The number of benzene rings is 1. The third-order valence-corrected chi connectivity index (χ3v) is 6.02. The molecule has 1 amide bonds. The molecule has 0 saturated carbocycles. The maximum Gasteiger partial charge on any atom is 0.219 e. The second-order valence-electron chi connectivity index (χ2n) is 8.22. The van der Waals surface area contributed by atoms with Crippen LogP contribution in [0.5, 0.6) is 0 Å². The average Bonchev–Trinajstić information content (AvgIpc) is 3.01. The van der Waals surface area contributed by atoms with Crippen LogP contribution in [0.2, 0.25) is 0 Å². The lowest BCUT2D eigenvalue weighted by atomic mass is 10.2. The van der Waals surface area contributed by atoms with Gasteiger partial charge in [-0.3, -0.25) is 14.3 Å². The molecule has 0 radical (unpaired) electrons. The van der Waals surface area contributed by atoms with Gasteiger partial charge < -0.3 is 9.80 Å². The second-order valence-corrected chi connectivity index (χ2v) is 8.22. The number of hydrogen-bond donors (Lipinski definition) is 0. The van der Waals surface area contributed by atoms with Crippen LogP contribution in [0.25, 0.3) is 28.1 Å². The number of amides is 1. The fourth-order valence-corrected chi connectivity index (χ4v) is 4.24. The molecule has 7 nitrogen and oxygen atoms in total. The van der Waals surface area contributed by atoms with E-state index in [4.69, 9.17) is 9.97 Å². The van der Waals surface area contributed by atoms with Crippen molar-refractivity contribution in [3.63, 3.8) is 0 Å². The number of carbonyl (C=O) groups excluding carboxylic acids is 1. The molecular formula is C25H26N6O. The molecule has 1 saturated heterocycles. The molecule has 0 spiro atoms. The molecule has 0 unspecified atom stereocenters. The van der Waals surface area contributed by atoms with Gasteiger partial charge >= 0.3 is 0 Å². The van der Waals surface area contributed by atoms with E-state index in [1.54, 1.807) is 13.1 Å². The highest BCUT2D eigenvalue weighted by Gasteiger charge is 2.19. The lowest BCUT2D eigenvalue weighted by molar-refractivity contribution is -0.128. The molecule has 1 aromatic carbocycles. The van der Waals surface area contributed by atoms with Crippen molar-refractivity contribution < 1.29 is 4.79 Å². The quantitative estimate of drug-likeness (QED) is 0.498. The van der Waals surface area contributed by atoms with E-state index < -0.39 is 0 Å². The molecule has 0 atom stereocenters. The molecule has 7 heteroatoms. The topological polar surface area (TPSA) is 67.2 Å². The Bertz CT molecular complexity index is 1250. The number of nitrogens with zero attached hydrogens (tertiary/aromatic N) is 6. The smallest absolute Gasteiger partial charge is 0.219 e. The van der Waals surface area contributed by atoms with Crippen LogP contribution >= 0.6 is 0 Å². The minimum atomic E-state index is 0.139. The number of anilines is 1. The van der Waals surface area contributed by atoms with Gasteiger partial charge in [0.2, 0.25) is 5.91 Å². The van der Waals surface area contributed by atoms with Gasteiger partial charge in [-0.2, -0.15) is 0 Å². The van der Waals surface area contributed by atoms with E-state index in [1.807, 2.05) is 23.4 Å². The number of aryl methyl sites for hydroxylation is 1. The van der Waals surface area contributed by atoms with E-state index in [0.29, 0.717) is 0 Å². The average molecular weight is 427 g/mol. The predicted octanol–water partition coefficient (Wildman–Crippen LogP) is 3.85. The normalized spacial score (nSPS) is 14.6. The Morgan fingerprint density at radius 1 is 0.938 bits per heavy atom. The molecule has 1 aliphatic rings. The third kappa shape index (κ3) is 3.82. The van der Waals surface area contributed by atoms with Crippen LogP contribution < -0.4 is 4.90 Å². The molecule has 162 valence electrons. The highest BCUT2D eigenvalue weighted by Crippen LogP contribution is 2.29. The summed E-state index contributed by atoms with van der Waals surface area (Å²) >= 11 is 0. The Kier molecular flexibility index (Phi) is 5.31. The molecule has 0 aliphatic carbocycles. The van der Waals surface area contributed by atoms with E-state index in [2.05, 4.69) is 57.8 Å². The fraction of sp³-hybridized carbons (Fsp3) is 0.280. The van der Waals surface area contributed by atoms with Gasteiger partial charge in [-0.15, -0.1) is 0 Å². The van der Waals surface area contributed by atoms with Crippen molar-refractivity contribution >= 4 is 22.8 Å². The summed E-state index contributed by atoms with van der Waals surface area (Å²) in [7, 11) is 0. The Morgan fingerprint density at radius 2 is 1.78 bits per heavy atom. The van der Waals surface area contributed by atoms with Gasteiger partial charge in [-0.25, -0.2) is 9.97 Å². The van der Waals surface area contributed by atoms with Gasteiger partial charge in [-0.1, -0.05) is 17.7 Å². The van der Waals surface area contributed by atoms with Crippen LogP contribution in [0.3, 0.4) is 0 Å². The summed E-state index contributed by atoms with van der Waals surface area (Å²) in [5.41, 5.74) is 5.07. The largest absolute Gasteiger partial charge is 0.355 e. The summed E-state index contributed by atoms with van der Waals surface area (Å²) in [4.78, 5) is 29.8. The number of hydrogen-bond acceptors (Lipinski definition) is 5. The van der Waals surface area contributed by atoms with Gasteiger partial charge in [0.1, 0.15) is 11.6 Å². The molecule has 3 aromatic heterocycles. The molecule has 4 aromatic rings. The number of imidazole rings is 1. The summed E-state index contributed by atoms with van der Waals surface area (Å²) in [5.74, 6) is 1.91. The van der Waals surface area contributed by atoms with E-state index in [0.717, 1.165) is 66.5 Å². The zero-order valence-corrected chi connectivity index (χ0v) is 18.4. The van der Waals surface area contributed by atoms with Crippen LogP contribution in [-0.4, -0.2) is 56.5 Å². The molecule has 32 heavy (non-hydrogen) atoms. The first-order valence-corrected chi connectivity index (χ1v) is 11.0. The summed E-state index contributed by atoms with van der Waals surface area (Å²) in [5, 5.41) is 0. The molecule has 4 heterocycles. The highest BCUT2D eigenvalue weighted by molar-refractivity contribution is 5.82. The fourth-order valence-electron chi connectivity index (χ4n) is 4.24. The molecule has 5 rings (SSSR count). The first kappa shape index (κ1) is 20.2. The maximum absolute atomic E-state index is 11.7. The van der Waals surface area contributed by atoms with Crippen molar-refractivity contribution in [2.45, 2.75) is 20.3 Å². The zero-order valence-electron chi connectivity index (χ0n) is 18.4. The first-order valence-electron chi connectivity index (χ1n) is 11.0. The Balaban J connectivity index is 1.49. The minimum Gasteiger partial charge on any atom is -0.355 e. The molecule has 1 aliphatic heterocycles. The summed E-state index contributed by atoms with van der Waals surface area (Å²) in [6, 6.07) is 14.5. The van der Waals surface area contributed by atoms with Crippen LogP contribution in [0.4, 0.5) is 5.82 Å². The number of aromatic nitrogens is 4. The Hall–Kier alpha value is -3.74. The second kappa shape index (κ2) is 8.42. The molecule has 0 N–H and O–H groups in total. The number of rotatable bonds is 3. The third-order valence-electron chi connectivity index (χ3n) is 6.02. The van der Waals surface area contributed by atoms with Crippen molar-refractivity contribution in [3.8, 4) is 17.1 Å². The molecule has 0 bridgehead atoms. The van der Waals surface area contributed by atoms with Crippen LogP contribution in [0, 0.1) is 6.92 Å². The van der Waals surface area contributed by atoms with Gasteiger partial charge in [-0.05, 0) is 43.7 Å². The van der Waals surface area contributed by atoms with Crippen molar-refractivity contribution in [1.29, 1.82) is 0 Å². The van der Waals surface area contributed by atoms with Crippen molar-refractivity contribution in [1.82, 2.24) is 24.4 Å². The standard InChI is InChI=1S/C25H26N6O/c1-18-4-7-21(8-5-18)31-23-17-26-11-10-22(23)28-25(31)20-6-9-24(27-16-20)30-13-3-12-29(14-15-30)19(2)32/h4-11,16-17H,3,12-15H2,1-2H3. The van der Waals surface area contributed by atoms with E-state index >= 15 is 0 Å². The summed E-state index contributed by atoms with van der Waals surface area (Å²) < 4.78 is 2.13. The monoisotopic (exact) mass is 426 g/mol. The predicted molar refractivity (Wildman–Crippen MR) is 126 cm³/mol. The van der Waals surface area contributed by atoms with Gasteiger partial charge in [0.25, 0.3) is 0 Å². The Morgan fingerprint density at radius 3 is 2.53 bits per heavy atom. The van der Waals surface area contributed by atoms with Crippen LogP contribution in [0.15, 0.2) is 61.1 Å². The van der Waals surface area contributed by atoms with Crippen molar-refractivity contribution in [2.75, 3.05) is 31.1 Å². The summed E-state index contributed by atoms with van der Waals surface area (Å²) in [6.45, 7) is 6.94. The maximum atomic E-state index is 11.7. The van der Waals surface area contributed by atoms with E-state index in [9.17, 15) is 4.79 Å². The minimum absolute atomic E-state index is 0.139. The van der Waals surface area contributed by atoms with Crippen LogP contribution in [0.1, 0.15) is 18.9 Å². The molecule has 1 fully saturated rings. The SMILES string of the molecule is CC(=O)N1CCCN(c2ccc(-c3nc4ccncc4n3-c3ccc(C)cc3)cn2)CC1. The number of carbonyl (C=O) groups is 1. The zero-order chi connectivity index (χ0) is 22.1.